The number of ketones is 1. The first-order valence-corrected chi connectivity index (χ1v) is 7.04. The highest BCUT2D eigenvalue weighted by atomic mass is 16.6. The molecule has 21 heavy (non-hydrogen) atoms. The molecule has 110 valence electrons. The third-order valence-electron chi connectivity index (χ3n) is 3.89. The lowest BCUT2D eigenvalue weighted by molar-refractivity contribution is -0.120. The van der Waals surface area contributed by atoms with Crippen LogP contribution >= 0.6 is 0 Å². The van der Waals surface area contributed by atoms with Gasteiger partial charge in [0.25, 0.3) is 0 Å². The van der Waals surface area contributed by atoms with E-state index in [0.717, 1.165) is 6.42 Å². The Bertz CT molecular complexity index is 653. The molecule has 0 radical (unpaired) electrons. The predicted octanol–water partition coefficient (Wildman–Crippen LogP) is 2.28. The Morgan fingerprint density at radius 2 is 2.19 bits per heavy atom. The minimum Gasteiger partial charge on any atom is -0.378 e. The number of nitrogens with one attached hydrogen (secondary N) is 1. The normalized spacial score (nSPS) is 22.2. The Kier molecular flexibility index (Phi) is 3.60. The number of aryl methyl sites for hydroxylation is 1. The summed E-state index contributed by atoms with van der Waals surface area (Å²) in [5, 5.41) is 10.4. The van der Waals surface area contributed by atoms with E-state index in [-0.39, 0.29) is 23.6 Å². The number of hydrogen-bond acceptors (Lipinski definition) is 6. The molecule has 1 aliphatic rings. The molecule has 1 fully saturated rings. The van der Waals surface area contributed by atoms with Crippen molar-refractivity contribution in [1.29, 1.82) is 0 Å². The minimum atomic E-state index is 0.00552. The van der Waals surface area contributed by atoms with Gasteiger partial charge in [0.1, 0.15) is 5.78 Å². The number of benzene rings is 1. The van der Waals surface area contributed by atoms with Gasteiger partial charge in [-0.05, 0) is 35.1 Å². The summed E-state index contributed by atoms with van der Waals surface area (Å²) in [6, 6.07) is 8.33. The summed E-state index contributed by atoms with van der Waals surface area (Å²) in [5.74, 6) is 1.11. The molecule has 1 heterocycles. The van der Waals surface area contributed by atoms with E-state index in [1.807, 2.05) is 6.07 Å². The van der Waals surface area contributed by atoms with Crippen molar-refractivity contribution in [1.82, 2.24) is 10.3 Å². The number of aromatic nitrogens is 2. The first-order valence-electron chi connectivity index (χ1n) is 7.04. The standard InChI is InChI=1S/C15H18N4O2/c1-9-3-2-4-10(5-9)11-6-12(8-13(20)7-11)17-15-14(16)18-21-19-15/h2-5,11-12H,6-8H2,1H3,(H2,16,18)(H,17,19)/t11-,12-/m0/s1. The van der Waals surface area contributed by atoms with Crippen molar-refractivity contribution in [2.45, 2.75) is 38.1 Å². The minimum absolute atomic E-state index is 0.00552. The zero-order valence-corrected chi connectivity index (χ0v) is 11.9. The second-order valence-electron chi connectivity index (χ2n) is 5.63. The van der Waals surface area contributed by atoms with Crippen LogP contribution in [0.25, 0.3) is 0 Å². The van der Waals surface area contributed by atoms with Gasteiger partial charge in [0, 0.05) is 18.9 Å². The average molecular weight is 286 g/mol. The molecule has 6 heteroatoms. The van der Waals surface area contributed by atoms with Gasteiger partial charge in [0.15, 0.2) is 0 Å². The molecule has 0 saturated heterocycles. The fraction of sp³-hybridized carbons (Fsp3) is 0.400. The summed E-state index contributed by atoms with van der Waals surface area (Å²) in [7, 11) is 0. The number of nitrogen functional groups attached to an aromatic ring is 1. The molecular formula is C15H18N4O2. The van der Waals surface area contributed by atoms with E-state index in [2.05, 4.69) is 45.4 Å². The topological polar surface area (TPSA) is 94.0 Å². The number of rotatable bonds is 3. The molecule has 0 unspecified atom stereocenters. The summed E-state index contributed by atoms with van der Waals surface area (Å²) in [5.41, 5.74) is 8.06. The van der Waals surface area contributed by atoms with E-state index in [4.69, 9.17) is 5.73 Å². The monoisotopic (exact) mass is 286 g/mol. The molecule has 1 saturated carbocycles. The third-order valence-corrected chi connectivity index (χ3v) is 3.89. The number of nitrogens with zero attached hydrogens (tertiary/aromatic N) is 2. The van der Waals surface area contributed by atoms with Gasteiger partial charge in [-0.2, -0.15) is 0 Å². The van der Waals surface area contributed by atoms with E-state index in [1.165, 1.54) is 11.1 Å². The highest BCUT2D eigenvalue weighted by Crippen LogP contribution is 2.33. The number of carbonyl (C=O) groups is 1. The van der Waals surface area contributed by atoms with Crippen LogP contribution in [0.3, 0.4) is 0 Å². The summed E-state index contributed by atoms with van der Waals surface area (Å²) in [6.45, 7) is 2.06. The van der Waals surface area contributed by atoms with Crippen LogP contribution in [0, 0.1) is 6.92 Å². The first kappa shape index (κ1) is 13.6. The smallest absolute Gasteiger partial charge is 0.215 e. The van der Waals surface area contributed by atoms with Gasteiger partial charge >= 0.3 is 0 Å². The van der Waals surface area contributed by atoms with Crippen molar-refractivity contribution >= 4 is 17.4 Å². The molecular weight excluding hydrogens is 268 g/mol. The molecule has 2 atom stereocenters. The molecule has 0 bridgehead atoms. The van der Waals surface area contributed by atoms with Gasteiger partial charge in [-0.3, -0.25) is 4.79 Å². The molecule has 0 spiro atoms. The number of carbonyl (C=O) groups excluding carboxylic acids is 1. The summed E-state index contributed by atoms with van der Waals surface area (Å²) in [4.78, 5) is 12.0. The highest BCUT2D eigenvalue weighted by Gasteiger charge is 2.29. The molecule has 3 N–H and O–H groups in total. The maximum Gasteiger partial charge on any atom is 0.215 e. The molecule has 2 aromatic rings. The van der Waals surface area contributed by atoms with Crippen LogP contribution in [0.1, 0.15) is 36.3 Å². The zero-order chi connectivity index (χ0) is 14.8. The molecule has 6 nitrogen and oxygen atoms in total. The predicted molar refractivity (Wildman–Crippen MR) is 78.9 cm³/mol. The Balaban J connectivity index is 1.75. The van der Waals surface area contributed by atoms with Crippen LogP contribution in [0.15, 0.2) is 28.9 Å². The second kappa shape index (κ2) is 5.55. The van der Waals surface area contributed by atoms with Crippen molar-refractivity contribution in [2.75, 3.05) is 11.1 Å². The van der Waals surface area contributed by atoms with Gasteiger partial charge in [-0.15, -0.1) is 0 Å². The Morgan fingerprint density at radius 1 is 1.33 bits per heavy atom. The van der Waals surface area contributed by atoms with E-state index >= 15 is 0 Å². The summed E-state index contributed by atoms with van der Waals surface area (Å²) < 4.78 is 4.57. The zero-order valence-electron chi connectivity index (χ0n) is 11.9. The van der Waals surface area contributed by atoms with Crippen LogP contribution in [-0.4, -0.2) is 22.1 Å². The second-order valence-corrected chi connectivity index (χ2v) is 5.63. The van der Waals surface area contributed by atoms with Crippen molar-refractivity contribution < 1.29 is 9.42 Å². The van der Waals surface area contributed by atoms with Crippen LogP contribution in [0.5, 0.6) is 0 Å². The lowest BCUT2D eigenvalue weighted by Gasteiger charge is -2.29. The SMILES string of the molecule is Cc1cccc([C@@H]2CC(=O)C[C@@H](Nc3nonc3N)C2)c1. The Labute approximate surface area is 122 Å². The molecule has 1 aromatic carbocycles. The van der Waals surface area contributed by atoms with Gasteiger partial charge in [0.2, 0.25) is 11.6 Å². The van der Waals surface area contributed by atoms with Crippen molar-refractivity contribution in [3.05, 3.63) is 35.4 Å². The summed E-state index contributed by atoms with van der Waals surface area (Å²) in [6.07, 6.45) is 1.93. The van der Waals surface area contributed by atoms with Crippen molar-refractivity contribution in [3.63, 3.8) is 0 Å². The Hall–Kier alpha value is -2.37. The molecule has 3 rings (SSSR count). The molecule has 1 aromatic heterocycles. The van der Waals surface area contributed by atoms with Crippen LogP contribution in [0.4, 0.5) is 11.6 Å². The Morgan fingerprint density at radius 3 is 2.90 bits per heavy atom. The summed E-state index contributed by atoms with van der Waals surface area (Å²) >= 11 is 0. The van der Waals surface area contributed by atoms with E-state index in [0.29, 0.717) is 18.7 Å². The number of Topliss-reactive ketones (excluding diaryl/α,β-unsaturated/α-hetero) is 1. The fourth-order valence-electron chi connectivity index (χ4n) is 2.92. The van der Waals surface area contributed by atoms with Crippen LogP contribution < -0.4 is 11.1 Å². The maximum atomic E-state index is 12.0. The average Bonchev–Trinajstić information content (AvgIpc) is 2.84. The third kappa shape index (κ3) is 3.04. The number of anilines is 2. The van der Waals surface area contributed by atoms with Crippen LogP contribution in [-0.2, 0) is 4.79 Å². The van der Waals surface area contributed by atoms with Crippen LogP contribution in [0.2, 0.25) is 0 Å². The quantitative estimate of drug-likeness (QED) is 0.899. The number of hydrogen-bond donors (Lipinski definition) is 2. The lowest BCUT2D eigenvalue weighted by atomic mass is 9.80. The molecule has 1 aliphatic carbocycles. The van der Waals surface area contributed by atoms with Gasteiger partial charge in [0.05, 0.1) is 0 Å². The lowest BCUT2D eigenvalue weighted by Crippen LogP contribution is -2.31. The molecule has 0 aliphatic heterocycles. The van der Waals surface area contributed by atoms with E-state index < -0.39 is 0 Å². The van der Waals surface area contributed by atoms with Crippen molar-refractivity contribution in [2.24, 2.45) is 0 Å². The van der Waals surface area contributed by atoms with Gasteiger partial charge < -0.3 is 11.1 Å². The van der Waals surface area contributed by atoms with E-state index in [9.17, 15) is 4.79 Å². The number of nitrogens with two attached hydrogens (primary N) is 1. The first-order chi connectivity index (χ1) is 10.1. The maximum absolute atomic E-state index is 12.0. The van der Waals surface area contributed by atoms with Crippen molar-refractivity contribution in [3.8, 4) is 0 Å². The largest absolute Gasteiger partial charge is 0.378 e. The van der Waals surface area contributed by atoms with Gasteiger partial charge in [-0.25, -0.2) is 4.63 Å². The molecule has 0 amide bonds. The van der Waals surface area contributed by atoms with Gasteiger partial charge in [-0.1, -0.05) is 29.8 Å². The van der Waals surface area contributed by atoms with E-state index in [1.54, 1.807) is 0 Å². The fourth-order valence-corrected chi connectivity index (χ4v) is 2.92. The highest BCUT2D eigenvalue weighted by molar-refractivity contribution is 5.81.